The van der Waals surface area contributed by atoms with Crippen LogP contribution in [-0.4, -0.2) is 18.4 Å². The molecule has 0 radical (unpaired) electrons. The minimum absolute atomic E-state index is 0.124. The second-order valence-corrected chi connectivity index (χ2v) is 5.72. The Morgan fingerprint density at radius 2 is 1.88 bits per heavy atom. The van der Waals surface area contributed by atoms with E-state index >= 15 is 0 Å². The average Bonchev–Trinajstić information content (AvgIpc) is 3.11. The summed E-state index contributed by atoms with van der Waals surface area (Å²) in [5, 5.41) is 5.52. The van der Waals surface area contributed by atoms with Crippen molar-refractivity contribution in [3.05, 3.63) is 54.0 Å². The van der Waals surface area contributed by atoms with Crippen molar-refractivity contribution in [2.45, 2.75) is 39.0 Å². The fraction of sp³-hybridized carbons (Fsp3) is 0.368. The number of benzene rings is 1. The molecule has 0 aliphatic rings. The molecule has 5 heteroatoms. The molecule has 0 spiro atoms. The van der Waals surface area contributed by atoms with Gasteiger partial charge in [-0.25, -0.2) is 0 Å². The lowest BCUT2D eigenvalue weighted by atomic mass is 10.1. The number of carbonyl (C=O) groups excluding carboxylic acids is 2. The highest BCUT2D eigenvalue weighted by molar-refractivity contribution is 5.95. The highest BCUT2D eigenvalue weighted by atomic mass is 16.3. The Morgan fingerprint density at radius 3 is 2.54 bits per heavy atom. The second kappa shape index (κ2) is 9.55. The van der Waals surface area contributed by atoms with Crippen LogP contribution in [0.2, 0.25) is 0 Å². The van der Waals surface area contributed by atoms with E-state index in [-0.39, 0.29) is 24.8 Å². The lowest BCUT2D eigenvalue weighted by Gasteiger charge is -2.07. The Labute approximate surface area is 142 Å². The van der Waals surface area contributed by atoms with Crippen molar-refractivity contribution in [1.29, 1.82) is 0 Å². The van der Waals surface area contributed by atoms with Crippen LogP contribution in [-0.2, 0) is 11.2 Å². The molecule has 0 bridgehead atoms. The third kappa shape index (κ3) is 5.91. The summed E-state index contributed by atoms with van der Waals surface area (Å²) in [6.07, 6.45) is 7.75. The van der Waals surface area contributed by atoms with E-state index < -0.39 is 0 Å². The van der Waals surface area contributed by atoms with Gasteiger partial charge in [-0.1, -0.05) is 31.9 Å². The van der Waals surface area contributed by atoms with Crippen LogP contribution in [0, 0.1) is 0 Å². The van der Waals surface area contributed by atoms with Crippen LogP contribution in [0.15, 0.2) is 47.3 Å². The summed E-state index contributed by atoms with van der Waals surface area (Å²) >= 11 is 0. The van der Waals surface area contributed by atoms with Crippen molar-refractivity contribution in [2.24, 2.45) is 0 Å². The number of carbonyl (C=O) groups is 2. The molecule has 0 saturated heterocycles. The highest BCUT2D eigenvalue weighted by Crippen LogP contribution is 2.12. The number of aryl methyl sites for hydroxylation is 1. The van der Waals surface area contributed by atoms with Gasteiger partial charge in [-0.15, -0.1) is 0 Å². The number of rotatable bonds is 9. The van der Waals surface area contributed by atoms with E-state index in [1.165, 1.54) is 37.4 Å². The fourth-order valence-electron chi connectivity index (χ4n) is 2.34. The maximum absolute atomic E-state index is 11.9. The minimum atomic E-state index is -0.243. The normalized spacial score (nSPS) is 10.4. The minimum Gasteiger partial charge on any atom is -0.472 e. The van der Waals surface area contributed by atoms with Gasteiger partial charge in [-0.2, -0.15) is 0 Å². The Kier molecular flexibility index (Phi) is 7.08. The number of nitrogens with one attached hydrogen (secondary N) is 2. The summed E-state index contributed by atoms with van der Waals surface area (Å²) in [6, 6.07) is 9.52. The molecule has 2 N–H and O–H groups in total. The molecular weight excluding hydrogens is 304 g/mol. The van der Waals surface area contributed by atoms with Gasteiger partial charge >= 0.3 is 0 Å². The smallest absolute Gasteiger partial charge is 0.254 e. The van der Waals surface area contributed by atoms with Gasteiger partial charge in [0.15, 0.2) is 0 Å². The van der Waals surface area contributed by atoms with Gasteiger partial charge in [0.05, 0.1) is 11.8 Å². The summed E-state index contributed by atoms with van der Waals surface area (Å²) in [7, 11) is 0. The van der Waals surface area contributed by atoms with Gasteiger partial charge in [-0.3, -0.25) is 9.59 Å². The third-order valence-corrected chi connectivity index (χ3v) is 3.73. The number of unbranched alkanes of at least 4 members (excludes halogenated alkanes) is 2. The van der Waals surface area contributed by atoms with Crippen LogP contribution in [0.3, 0.4) is 0 Å². The maximum atomic E-state index is 11.9. The van der Waals surface area contributed by atoms with Crippen molar-refractivity contribution < 1.29 is 14.0 Å². The van der Waals surface area contributed by atoms with E-state index in [4.69, 9.17) is 4.42 Å². The Morgan fingerprint density at radius 1 is 1.08 bits per heavy atom. The molecule has 24 heavy (non-hydrogen) atoms. The van der Waals surface area contributed by atoms with Crippen molar-refractivity contribution in [2.75, 3.05) is 11.9 Å². The number of furan rings is 1. The van der Waals surface area contributed by atoms with Crippen LogP contribution in [0.1, 0.15) is 48.5 Å². The second-order valence-electron chi connectivity index (χ2n) is 5.72. The average molecular weight is 328 g/mol. The van der Waals surface area contributed by atoms with Gasteiger partial charge in [0.2, 0.25) is 5.91 Å². The zero-order valence-corrected chi connectivity index (χ0v) is 14.0. The van der Waals surface area contributed by atoms with Gasteiger partial charge in [0.1, 0.15) is 6.26 Å². The highest BCUT2D eigenvalue weighted by Gasteiger charge is 2.07. The quantitative estimate of drug-likeness (QED) is 0.688. The summed E-state index contributed by atoms with van der Waals surface area (Å²) in [5.41, 5.74) is 2.52. The lowest BCUT2D eigenvalue weighted by Crippen LogP contribution is -2.27. The Hall–Kier alpha value is -2.56. The molecule has 1 heterocycles. The van der Waals surface area contributed by atoms with E-state index in [9.17, 15) is 9.59 Å². The van der Waals surface area contributed by atoms with Crippen LogP contribution in [0.25, 0.3) is 0 Å². The van der Waals surface area contributed by atoms with Crippen LogP contribution >= 0.6 is 0 Å². The van der Waals surface area contributed by atoms with Gasteiger partial charge < -0.3 is 15.1 Å². The number of hydrogen-bond acceptors (Lipinski definition) is 3. The number of amides is 2. The predicted molar refractivity (Wildman–Crippen MR) is 94.0 cm³/mol. The summed E-state index contributed by atoms with van der Waals surface area (Å²) < 4.78 is 4.84. The molecule has 1 aromatic carbocycles. The van der Waals surface area contributed by atoms with Crippen molar-refractivity contribution in [1.82, 2.24) is 5.32 Å². The molecule has 0 aliphatic carbocycles. The molecule has 0 saturated carbocycles. The molecule has 1 aromatic heterocycles. The molecule has 128 valence electrons. The first-order valence-corrected chi connectivity index (χ1v) is 8.38. The molecule has 0 unspecified atom stereocenters. The summed E-state index contributed by atoms with van der Waals surface area (Å²) in [6.45, 7) is 2.47. The van der Waals surface area contributed by atoms with Gasteiger partial charge in [0, 0.05) is 18.7 Å². The predicted octanol–water partition coefficient (Wildman–Crippen LogP) is 3.77. The molecule has 2 rings (SSSR count). The molecule has 0 aliphatic heterocycles. The van der Waals surface area contributed by atoms with Crippen LogP contribution < -0.4 is 10.6 Å². The van der Waals surface area contributed by atoms with Crippen LogP contribution in [0.4, 0.5) is 5.69 Å². The molecule has 2 aromatic rings. The topological polar surface area (TPSA) is 71.3 Å². The zero-order chi connectivity index (χ0) is 17.2. The number of anilines is 1. The molecule has 2 amide bonds. The molecule has 0 fully saturated rings. The first-order chi connectivity index (χ1) is 11.7. The third-order valence-electron chi connectivity index (χ3n) is 3.73. The van der Waals surface area contributed by atoms with E-state index in [1.807, 2.05) is 24.3 Å². The van der Waals surface area contributed by atoms with Crippen LogP contribution in [0.5, 0.6) is 0 Å². The van der Waals surface area contributed by atoms with Crippen molar-refractivity contribution >= 4 is 17.5 Å². The van der Waals surface area contributed by atoms with E-state index in [2.05, 4.69) is 17.6 Å². The first kappa shape index (κ1) is 17.8. The summed E-state index contributed by atoms with van der Waals surface area (Å²) in [5.74, 6) is -0.366. The Bertz CT molecular complexity index is 633. The molecular formula is C19H24N2O3. The van der Waals surface area contributed by atoms with E-state index in [1.54, 1.807) is 6.07 Å². The van der Waals surface area contributed by atoms with E-state index in [0.717, 1.165) is 12.1 Å². The van der Waals surface area contributed by atoms with Crippen molar-refractivity contribution in [3.63, 3.8) is 0 Å². The van der Waals surface area contributed by atoms with Gasteiger partial charge in [0.25, 0.3) is 5.91 Å². The number of hydrogen-bond donors (Lipinski definition) is 2. The van der Waals surface area contributed by atoms with Gasteiger partial charge in [-0.05, 0) is 36.6 Å². The lowest BCUT2D eigenvalue weighted by molar-refractivity contribution is -0.116. The maximum Gasteiger partial charge on any atom is 0.254 e. The standard InChI is InChI=1S/C19H24N2O3/c1-2-3-4-5-15-6-8-17(9-7-15)21-18(22)10-12-20-19(23)16-11-13-24-14-16/h6-9,11,13-14H,2-5,10,12H2,1H3,(H,20,23)(H,21,22). The van der Waals surface area contributed by atoms with E-state index in [0.29, 0.717) is 5.56 Å². The Balaban J connectivity index is 1.69. The largest absolute Gasteiger partial charge is 0.472 e. The van der Waals surface area contributed by atoms with Crippen molar-refractivity contribution in [3.8, 4) is 0 Å². The fourth-order valence-corrected chi connectivity index (χ4v) is 2.34. The summed E-state index contributed by atoms with van der Waals surface area (Å²) in [4.78, 5) is 23.6. The first-order valence-electron chi connectivity index (χ1n) is 8.38. The zero-order valence-electron chi connectivity index (χ0n) is 14.0. The monoisotopic (exact) mass is 328 g/mol. The SMILES string of the molecule is CCCCCc1ccc(NC(=O)CCNC(=O)c2ccoc2)cc1. The molecule has 5 nitrogen and oxygen atoms in total. The molecule has 0 atom stereocenters.